The molecule has 0 aliphatic carbocycles. The Balaban J connectivity index is 0.000000253. The van der Waals surface area contributed by atoms with Crippen molar-refractivity contribution in [1.82, 2.24) is 0 Å². The molecule has 0 saturated carbocycles. The quantitative estimate of drug-likeness (QED) is 0.210. The topological polar surface area (TPSA) is 70.8 Å². The summed E-state index contributed by atoms with van der Waals surface area (Å²) in [4.78, 5) is 8.70. The van der Waals surface area contributed by atoms with Crippen LogP contribution in [0.1, 0.15) is 36.1 Å². The Bertz CT molecular complexity index is 1230. The molecule has 0 atom stereocenters. The zero-order valence-corrected chi connectivity index (χ0v) is 22.0. The second kappa shape index (κ2) is 14.8. The van der Waals surface area contributed by atoms with Crippen molar-refractivity contribution >= 4 is 11.4 Å². The Hall–Kier alpha value is -3.66. The zero-order chi connectivity index (χ0) is 25.9. The summed E-state index contributed by atoms with van der Waals surface area (Å²) in [5, 5.41) is 23.2. The molecule has 7 heteroatoms. The largest absolute Gasteiger partial charge is 2.00 e. The van der Waals surface area contributed by atoms with Crippen LogP contribution in [0, 0.1) is 11.6 Å². The van der Waals surface area contributed by atoms with E-state index >= 15 is 0 Å². The fourth-order valence-corrected chi connectivity index (χ4v) is 3.30. The molecule has 0 heterocycles. The molecule has 37 heavy (non-hydrogen) atoms. The van der Waals surface area contributed by atoms with E-state index in [-0.39, 0.29) is 43.6 Å². The standard InChI is InChI=1S/2C15H14FNO.Pd/c2*1-11(14-4-2-3-5-15(14)18)17-10-12-6-8-13(16)9-7-12;/h2*2-9,18H,10H2,1H3;/q;;+2/p-2. The Labute approximate surface area is 229 Å². The number of nitrogens with zero attached hydrogens (tertiary/aromatic N) is 2. The summed E-state index contributed by atoms with van der Waals surface area (Å²) in [5.74, 6) is -0.579. The first kappa shape index (κ1) is 29.6. The molecule has 0 saturated heterocycles. The number of rotatable bonds is 6. The van der Waals surface area contributed by atoms with Gasteiger partial charge in [0.1, 0.15) is 11.6 Å². The summed E-state index contributed by atoms with van der Waals surface area (Å²) in [5.41, 5.74) is 4.45. The van der Waals surface area contributed by atoms with Crippen molar-refractivity contribution in [2.75, 3.05) is 0 Å². The predicted molar refractivity (Wildman–Crippen MR) is 136 cm³/mol. The maximum atomic E-state index is 12.7. The van der Waals surface area contributed by atoms with Crippen LogP contribution in [-0.2, 0) is 33.5 Å². The van der Waals surface area contributed by atoms with Crippen molar-refractivity contribution in [2.45, 2.75) is 26.9 Å². The SMILES string of the molecule is CC(=NCc1ccc(F)cc1)c1ccccc1[O-].CC(=NCc1ccc(F)cc1)c1ccccc1[O-].[Pd+2]. The van der Waals surface area contributed by atoms with Gasteiger partial charge in [0.25, 0.3) is 0 Å². The number of aliphatic imine (C=N–C) groups is 2. The number of hydrogen-bond donors (Lipinski definition) is 0. The minimum atomic E-state index is -0.260. The van der Waals surface area contributed by atoms with Crippen LogP contribution in [0.2, 0.25) is 0 Å². The number of hydrogen-bond acceptors (Lipinski definition) is 4. The second-order valence-corrected chi connectivity index (χ2v) is 8.05. The molecule has 0 aliphatic rings. The van der Waals surface area contributed by atoms with Gasteiger partial charge in [-0.25, -0.2) is 8.78 Å². The van der Waals surface area contributed by atoms with Crippen LogP contribution >= 0.6 is 0 Å². The van der Waals surface area contributed by atoms with E-state index in [1.54, 1.807) is 62.4 Å². The van der Waals surface area contributed by atoms with Gasteiger partial charge in [0.05, 0.1) is 13.1 Å². The normalized spacial score (nSPS) is 11.2. The van der Waals surface area contributed by atoms with Gasteiger partial charge in [-0.15, -0.1) is 0 Å². The van der Waals surface area contributed by atoms with Crippen molar-refractivity contribution < 1.29 is 39.4 Å². The summed E-state index contributed by atoms with van der Waals surface area (Å²) in [6.07, 6.45) is 0. The average molecular weight is 591 g/mol. The molecular weight excluding hydrogens is 565 g/mol. The molecule has 0 fully saturated rings. The van der Waals surface area contributed by atoms with Crippen LogP contribution in [0.4, 0.5) is 8.78 Å². The van der Waals surface area contributed by atoms with E-state index in [4.69, 9.17) is 0 Å². The average Bonchev–Trinajstić information content (AvgIpc) is 2.88. The zero-order valence-electron chi connectivity index (χ0n) is 20.4. The Morgan fingerprint density at radius 3 is 1.22 bits per heavy atom. The maximum Gasteiger partial charge on any atom is 2.00 e. The third-order valence-electron chi connectivity index (χ3n) is 5.38. The van der Waals surface area contributed by atoms with Gasteiger partial charge in [-0.3, -0.25) is 9.98 Å². The molecule has 0 radical (unpaired) electrons. The number of benzene rings is 4. The predicted octanol–water partition coefficient (Wildman–Crippen LogP) is 5.81. The van der Waals surface area contributed by atoms with E-state index in [9.17, 15) is 19.0 Å². The Morgan fingerprint density at radius 2 is 0.892 bits per heavy atom. The fourth-order valence-electron chi connectivity index (χ4n) is 3.30. The maximum absolute atomic E-state index is 12.7. The molecule has 4 aromatic carbocycles. The van der Waals surface area contributed by atoms with E-state index in [1.165, 1.54) is 36.4 Å². The third-order valence-corrected chi connectivity index (χ3v) is 5.38. The summed E-state index contributed by atoms with van der Waals surface area (Å²) in [6.45, 7) is 4.50. The van der Waals surface area contributed by atoms with Crippen LogP contribution in [0.3, 0.4) is 0 Å². The van der Waals surface area contributed by atoms with Gasteiger partial charge in [-0.05, 0) is 60.4 Å². The molecule has 0 aromatic heterocycles. The van der Waals surface area contributed by atoms with Crippen molar-refractivity contribution in [3.63, 3.8) is 0 Å². The molecule has 0 aliphatic heterocycles. The molecule has 192 valence electrons. The molecule has 0 N–H and O–H groups in total. The molecule has 4 aromatic rings. The minimum Gasteiger partial charge on any atom is -0.872 e. The van der Waals surface area contributed by atoms with Crippen LogP contribution in [0.15, 0.2) is 107 Å². The van der Waals surface area contributed by atoms with Gasteiger partial charge >= 0.3 is 20.4 Å². The van der Waals surface area contributed by atoms with Crippen molar-refractivity contribution in [3.05, 3.63) is 131 Å². The molecular formula is C30H26F2N2O2Pd. The van der Waals surface area contributed by atoms with Gasteiger partial charge in [0.15, 0.2) is 0 Å². The van der Waals surface area contributed by atoms with Gasteiger partial charge in [0, 0.05) is 11.4 Å². The van der Waals surface area contributed by atoms with E-state index in [2.05, 4.69) is 9.98 Å². The minimum absolute atomic E-state index is 0. The van der Waals surface area contributed by atoms with E-state index in [1.807, 2.05) is 12.1 Å². The van der Waals surface area contributed by atoms with E-state index in [0.717, 1.165) is 11.1 Å². The van der Waals surface area contributed by atoms with E-state index < -0.39 is 0 Å². The summed E-state index contributed by atoms with van der Waals surface area (Å²) in [7, 11) is 0. The monoisotopic (exact) mass is 590 g/mol. The van der Waals surface area contributed by atoms with Crippen LogP contribution in [0.5, 0.6) is 11.5 Å². The molecule has 4 rings (SSSR count). The van der Waals surface area contributed by atoms with Crippen molar-refractivity contribution in [3.8, 4) is 11.5 Å². The molecule has 0 unspecified atom stereocenters. The molecule has 4 nitrogen and oxygen atoms in total. The van der Waals surface area contributed by atoms with Crippen molar-refractivity contribution in [1.29, 1.82) is 0 Å². The summed E-state index contributed by atoms with van der Waals surface area (Å²) < 4.78 is 25.5. The Morgan fingerprint density at radius 1 is 0.568 bits per heavy atom. The summed E-state index contributed by atoms with van der Waals surface area (Å²) in [6, 6.07) is 26.0. The first-order chi connectivity index (χ1) is 17.3. The van der Waals surface area contributed by atoms with Gasteiger partial charge in [-0.1, -0.05) is 84.3 Å². The first-order valence-corrected chi connectivity index (χ1v) is 11.4. The van der Waals surface area contributed by atoms with E-state index in [0.29, 0.717) is 35.6 Å². The van der Waals surface area contributed by atoms with Crippen LogP contribution in [-0.4, -0.2) is 11.4 Å². The fraction of sp³-hybridized carbons (Fsp3) is 0.133. The molecule has 0 spiro atoms. The van der Waals surface area contributed by atoms with Gasteiger partial charge < -0.3 is 10.2 Å². The third kappa shape index (κ3) is 9.38. The van der Waals surface area contributed by atoms with Gasteiger partial charge in [-0.2, -0.15) is 0 Å². The van der Waals surface area contributed by atoms with Crippen molar-refractivity contribution in [2.24, 2.45) is 9.98 Å². The molecule has 0 amide bonds. The first-order valence-electron chi connectivity index (χ1n) is 11.4. The van der Waals surface area contributed by atoms with Gasteiger partial charge in [0.2, 0.25) is 0 Å². The molecule has 0 bridgehead atoms. The number of para-hydroxylation sites is 2. The second-order valence-electron chi connectivity index (χ2n) is 8.05. The number of halogens is 2. The summed E-state index contributed by atoms with van der Waals surface area (Å²) >= 11 is 0. The Kier molecular flexibility index (Phi) is 11.8. The van der Waals surface area contributed by atoms with Crippen LogP contribution < -0.4 is 10.2 Å². The van der Waals surface area contributed by atoms with Crippen LogP contribution in [0.25, 0.3) is 0 Å². The smallest absolute Gasteiger partial charge is 0.872 e.